The topological polar surface area (TPSA) is 78.9 Å². The van der Waals surface area contributed by atoms with Crippen molar-refractivity contribution in [3.63, 3.8) is 0 Å². The van der Waals surface area contributed by atoms with Gasteiger partial charge >= 0.3 is 17.9 Å². The van der Waals surface area contributed by atoms with Crippen LogP contribution in [0.2, 0.25) is 0 Å². The maximum absolute atomic E-state index is 12.8. The van der Waals surface area contributed by atoms with E-state index in [-0.39, 0.29) is 37.5 Å². The molecule has 0 fully saturated rings. The lowest BCUT2D eigenvalue weighted by atomic mass is 10.0. The number of hydrogen-bond acceptors (Lipinski definition) is 6. The van der Waals surface area contributed by atoms with Gasteiger partial charge in [0, 0.05) is 19.3 Å². The van der Waals surface area contributed by atoms with Crippen LogP contribution in [-0.2, 0) is 28.6 Å². The lowest BCUT2D eigenvalue weighted by Gasteiger charge is -2.18. The maximum atomic E-state index is 12.8. The van der Waals surface area contributed by atoms with E-state index in [0.29, 0.717) is 25.7 Å². The van der Waals surface area contributed by atoms with Gasteiger partial charge in [-0.25, -0.2) is 0 Å². The Bertz CT molecular complexity index is 1280. The highest BCUT2D eigenvalue weighted by molar-refractivity contribution is 5.71. The number of hydrogen-bond donors (Lipinski definition) is 0. The van der Waals surface area contributed by atoms with Crippen LogP contribution >= 0.6 is 0 Å². The summed E-state index contributed by atoms with van der Waals surface area (Å²) < 4.78 is 16.7. The third kappa shape index (κ3) is 49.2. The molecule has 63 heavy (non-hydrogen) atoms. The van der Waals surface area contributed by atoms with Crippen LogP contribution in [0, 0.1) is 0 Å². The molecule has 0 spiro atoms. The minimum Gasteiger partial charge on any atom is -0.462 e. The van der Waals surface area contributed by atoms with E-state index in [1.807, 2.05) is 0 Å². The summed E-state index contributed by atoms with van der Waals surface area (Å²) in [5, 5.41) is 0. The largest absolute Gasteiger partial charge is 0.462 e. The number of carbonyl (C=O) groups is 3. The third-order valence-corrected chi connectivity index (χ3v) is 10.6. The number of esters is 3. The van der Waals surface area contributed by atoms with Crippen LogP contribution in [0.15, 0.2) is 97.2 Å². The second-order valence-electron chi connectivity index (χ2n) is 16.7. The first-order valence-electron chi connectivity index (χ1n) is 25.7. The van der Waals surface area contributed by atoms with Gasteiger partial charge in [0.2, 0.25) is 0 Å². The van der Waals surface area contributed by atoms with Crippen molar-refractivity contribution in [2.75, 3.05) is 13.2 Å². The molecule has 0 aromatic rings. The fourth-order valence-electron chi connectivity index (χ4n) is 6.78. The zero-order valence-electron chi connectivity index (χ0n) is 40.8. The van der Waals surface area contributed by atoms with Gasteiger partial charge in [-0.3, -0.25) is 14.4 Å². The Labute approximate surface area is 387 Å². The molecule has 0 radical (unpaired) electrons. The molecule has 358 valence electrons. The van der Waals surface area contributed by atoms with Crippen LogP contribution in [0.4, 0.5) is 0 Å². The smallest absolute Gasteiger partial charge is 0.306 e. The van der Waals surface area contributed by atoms with Crippen molar-refractivity contribution in [2.45, 2.75) is 232 Å². The normalized spacial score (nSPS) is 12.9. The van der Waals surface area contributed by atoms with Gasteiger partial charge < -0.3 is 14.2 Å². The highest BCUT2D eigenvalue weighted by Crippen LogP contribution is 2.15. The quantitative estimate of drug-likeness (QED) is 0.0262. The fraction of sp³-hybridized carbons (Fsp3) is 0.667. The maximum Gasteiger partial charge on any atom is 0.306 e. The van der Waals surface area contributed by atoms with Gasteiger partial charge in [0.05, 0.1) is 0 Å². The Hall–Kier alpha value is -3.67. The van der Waals surface area contributed by atoms with Gasteiger partial charge in [-0.15, -0.1) is 0 Å². The Morgan fingerprint density at radius 1 is 0.333 bits per heavy atom. The van der Waals surface area contributed by atoms with E-state index in [9.17, 15) is 14.4 Å². The number of ether oxygens (including phenoxy) is 3. The van der Waals surface area contributed by atoms with Crippen molar-refractivity contribution in [2.24, 2.45) is 0 Å². The van der Waals surface area contributed by atoms with Crippen molar-refractivity contribution in [1.29, 1.82) is 0 Å². The number of allylic oxidation sites excluding steroid dienone is 16. The Balaban J connectivity index is 4.52. The SMILES string of the molecule is CC/C=C\C/C=C\C/C=C\C/C=C\CCCCC(=O)OCC(COC(=O)CCCCCCCCCCCCCCCCC)OC(=O)CCCC/C=C\C/C=C\C/C=C\C/C=C\CC. The first-order valence-corrected chi connectivity index (χ1v) is 25.7. The minimum absolute atomic E-state index is 0.107. The van der Waals surface area contributed by atoms with Crippen molar-refractivity contribution in [3.8, 4) is 0 Å². The predicted molar refractivity (Wildman–Crippen MR) is 270 cm³/mol. The number of rotatable bonds is 45. The molecule has 0 bridgehead atoms. The summed E-state index contributed by atoms with van der Waals surface area (Å²) in [4.78, 5) is 38.0. The van der Waals surface area contributed by atoms with Gasteiger partial charge in [0.25, 0.3) is 0 Å². The van der Waals surface area contributed by atoms with E-state index in [4.69, 9.17) is 14.2 Å². The van der Waals surface area contributed by atoms with Crippen molar-refractivity contribution in [3.05, 3.63) is 97.2 Å². The second-order valence-corrected chi connectivity index (χ2v) is 16.7. The Kier molecular flexibility index (Phi) is 48.0. The first-order chi connectivity index (χ1) is 31.0. The average Bonchev–Trinajstić information content (AvgIpc) is 3.28. The Morgan fingerprint density at radius 3 is 0.968 bits per heavy atom. The lowest BCUT2D eigenvalue weighted by Crippen LogP contribution is -2.30. The molecule has 0 heterocycles. The molecule has 0 N–H and O–H groups in total. The molecule has 0 saturated carbocycles. The molecule has 0 aromatic carbocycles. The fourth-order valence-corrected chi connectivity index (χ4v) is 6.78. The van der Waals surface area contributed by atoms with Gasteiger partial charge in [-0.1, -0.05) is 208 Å². The monoisotopic (exact) mass is 875 g/mol. The van der Waals surface area contributed by atoms with Crippen molar-refractivity contribution >= 4 is 17.9 Å². The third-order valence-electron chi connectivity index (χ3n) is 10.6. The summed E-state index contributed by atoms with van der Waals surface area (Å²) in [5.41, 5.74) is 0. The highest BCUT2D eigenvalue weighted by atomic mass is 16.6. The molecule has 0 aromatic heterocycles. The molecule has 6 nitrogen and oxygen atoms in total. The summed E-state index contributed by atoms with van der Waals surface area (Å²) >= 11 is 0. The molecule has 0 rings (SSSR count). The minimum atomic E-state index is -0.815. The van der Waals surface area contributed by atoms with Crippen molar-refractivity contribution in [1.82, 2.24) is 0 Å². The van der Waals surface area contributed by atoms with Gasteiger partial charge in [0.15, 0.2) is 6.10 Å². The number of carbonyl (C=O) groups excluding carboxylic acids is 3. The van der Waals surface area contributed by atoms with Crippen LogP contribution < -0.4 is 0 Å². The van der Waals surface area contributed by atoms with E-state index < -0.39 is 6.10 Å². The summed E-state index contributed by atoms with van der Waals surface area (Å²) in [6.07, 6.45) is 66.8. The van der Waals surface area contributed by atoms with Gasteiger partial charge in [-0.2, -0.15) is 0 Å². The van der Waals surface area contributed by atoms with E-state index in [0.717, 1.165) is 96.3 Å². The van der Waals surface area contributed by atoms with Gasteiger partial charge in [0.1, 0.15) is 13.2 Å². The van der Waals surface area contributed by atoms with E-state index in [2.05, 4.69) is 118 Å². The molecular weight excluding hydrogens is 781 g/mol. The molecule has 6 heteroatoms. The standard InChI is InChI=1S/C57H94O6/c1-4-7-10-13-16-19-22-25-28-31-34-37-40-43-46-49-55(58)61-52-54(63-57(60)51-48-45-42-39-36-33-30-27-24-21-18-15-12-9-6-3)53-62-56(59)50-47-44-41-38-35-32-29-26-23-20-17-14-11-8-5-2/h7,9-10,12,16,18-19,21,25,27-28,30,34,36-37,39,54H,4-6,8,11,13-15,17,20,22-24,26,29,31-33,35,38,40-53H2,1-3H3/b10-7-,12-9-,19-16-,21-18-,28-25-,30-27-,37-34-,39-36-. The molecule has 0 aliphatic rings. The van der Waals surface area contributed by atoms with Gasteiger partial charge in [-0.05, 0) is 96.3 Å². The zero-order chi connectivity index (χ0) is 45.8. The zero-order valence-corrected chi connectivity index (χ0v) is 40.8. The molecular formula is C57H94O6. The summed E-state index contributed by atoms with van der Waals surface area (Å²) in [5.74, 6) is -0.994. The molecule has 0 amide bonds. The van der Waals surface area contributed by atoms with Crippen LogP contribution in [0.5, 0.6) is 0 Å². The summed E-state index contributed by atoms with van der Waals surface area (Å²) in [7, 11) is 0. The van der Waals surface area contributed by atoms with E-state index in [1.165, 1.54) is 77.0 Å². The van der Waals surface area contributed by atoms with Crippen LogP contribution in [0.3, 0.4) is 0 Å². The highest BCUT2D eigenvalue weighted by Gasteiger charge is 2.19. The van der Waals surface area contributed by atoms with Crippen molar-refractivity contribution < 1.29 is 28.6 Å². The van der Waals surface area contributed by atoms with E-state index >= 15 is 0 Å². The Morgan fingerprint density at radius 2 is 0.619 bits per heavy atom. The molecule has 0 aliphatic carbocycles. The molecule has 1 unspecified atom stereocenters. The first kappa shape index (κ1) is 59.3. The molecule has 0 saturated heterocycles. The summed E-state index contributed by atoms with van der Waals surface area (Å²) in [6.45, 7) is 6.33. The van der Waals surface area contributed by atoms with E-state index in [1.54, 1.807) is 0 Å². The lowest BCUT2D eigenvalue weighted by molar-refractivity contribution is -0.167. The number of unbranched alkanes of at least 4 members (excludes halogenated alkanes) is 18. The van der Waals surface area contributed by atoms with Crippen LogP contribution in [-0.4, -0.2) is 37.2 Å². The second kappa shape index (κ2) is 51.0. The molecule has 1 atom stereocenters. The predicted octanol–water partition coefficient (Wildman–Crippen LogP) is 17.0. The summed E-state index contributed by atoms with van der Waals surface area (Å²) in [6, 6.07) is 0. The van der Waals surface area contributed by atoms with Crippen LogP contribution in [0.1, 0.15) is 226 Å². The average molecular weight is 875 g/mol. The molecule has 0 aliphatic heterocycles. The van der Waals surface area contributed by atoms with Crippen LogP contribution in [0.25, 0.3) is 0 Å².